The van der Waals surface area contributed by atoms with Crippen LogP contribution in [0.5, 0.6) is 0 Å². The molecule has 0 saturated heterocycles. The topological polar surface area (TPSA) is 37.3 Å². The summed E-state index contributed by atoms with van der Waals surface area (Å²) in [6.07, 6.45) is 0.278. The standard InChI is InChI=1S/C11H14O2/c1-2-6-10(12)11(13)9-7-4-3-5-8-9/h3-5,7-8,11,13H,2,6H2,1H3/t11-/m1/s1. The Kier molecular flexibility index (Phi) is 3.65. The predicted octanol–water partition coefficient (Wildman–Crippen LogP) is 2.09. The van der Waals surface area contributed by atoms with Gasteiger partial charge in [-0.2, -0.15) is 0 Å². The van der Waals surface area contributed by atoms with Crippen LogP contribution in [0.15, 0.2) is 30.3 Å². The molecule has 0 amide bonds. The maximum Gasteiger partial charge on any atom is 0.165 e. The Morgan fingerprint density at radius 2 is 2.00 bits per heavy atom. The van der Waals surface area contributed by atoms with Gasteiger partial charge in [0.05, 0.1) is 0 Å². The number of aliphatic hydroxyl groups excluding tert-OH is 1. The molecule has 0 unspecified atom stereocenters. The minimum atomic E-state index is -0.943. The van der Waals surface area contributed by atoms with Gasteiger partial charge in [-0.1, -0.05) is 37.3 Å². The molecule has 1 rings (SSSR count). The van der Waals surface area contributed by atoms with Gasteiger partial charge in [-0.3, -0.25) is 4.79 Å². The molecule has 2 heteroatoms. The number of Topliss-reactive ketones (excluding diaryl/α,β-unsaturated/α-hetero) is 1. The van der Waals surface area contributed by atoms with Gasteiger partial charge in [0, 0.05) is 6.42 Å². The Morgan fingerprint density at radius 1 is 1.38 bits per heavy atom. The van der Waals surface area contributed by atoms with Crippen molar-refractivity contribution in [3.8, 4) is 0 Å². The lowest BCUT2D eigenvalue weighted by Gasteiger charge is -2.08. The molecule has 0 aliphatic rings. The van der Waals surface area contributed by atoms with Crippen molar-refractivity contribution in [2.24, 2.45) is 0 Å². The molecule has 0 saturated carbocycles. The fourth-order valence-electron chi connectivity index (χ4n) is 1.20. The molecule has 1 aromatic carbocycles. The number of carbonyl (C=O) groups is 1. The SMILES string of the molecule is CCCC(=O)[C@H](O)c1ccccc1. The van der Waals surface area contributed by atoms with Crippen LogP contribution >= 0.6 is 0 Å². The maximum absolute atomic E-state index is 11.3. The summed E-state index contributed by atoms with van der Waals surface area (Å²) in [7, 11) is 0. The molecule has 0 fully saturated rings. The van der Waals surface area contributed by atoms with Gasteiger partial charge >= 0.3 is 0 Å². The number of hydrogen-bond acceptors (Lipinski definition) is 2. The van der Waals surface area contributed by atoms with E-state index < -0.39 is 6.10 Å². The van der Waals surface area contributed by atoms with E-state index in [0.717, 1.165) is 6.42 Å². The normalized spacial score (nSPS) is 12.5. The Balaban J connectivity index is 2.68. The summed E-state index contributed by atoms with van der Waals surface area (Å²) in [5.41, 5.74) is 0.681. The van der Waals surface area contributed by atoms with E-state index >= 15 is 0 Å². The molecule has 1 atom stereocenters. The largest absolute Gasteiger partial charge is 0.381 e. The van der Waals surface area contributed by atoms with Crippen molar-refractivity contribution in [3.05, 3.63) is 35.9 Å². The zero-order valence-electron chi connectivity index (χ0n) is 7.73. The number of carbonyl (C=O) groups excluding carboxylic acids is 1. The van der Waals surface area contributed by atoms with E-state index in [1.165, 1.54) is 0 Å². The fraction of sp³-hybridized carbons (Fsp3) is 0.364. The number of benzene rings is 1. The van der Waals surface area contributed by atoms with Crippen LogP contribution in [-0.2, 0) is 4.79 Å². The van der Waals surface area contributed by atoms with Crippen molar-refractivity contribution in [2.75, 3.05) is 0 Å². The quantitative estimate of drug-likeness (QED) is 0.766. The smallest absolute Gasteiger partial charge is 0.165 e. The second kappa shape index (κ2) is 4.77. The average Bonchev–Trinajstić information content (AvgIpc) is 2.18. The number of ketones is 1. The lowest BCUT2D eigenvalue weighted by molar-refractivity contribution is -0.127. The van der Waals surface area contributed by atoms with Crippen molar-refractivity contribution >= 4 is 5.78 Å². The zero-order chi connectivity index (χ0) is 9.68. The predicted molar refractivity (Wildman–Crippen MR) is 51.3 cm³/mol. The van der Waals surface area contributed by atoms with Crippen LogP contribution in [-0.4, -0.2) is 10.9 Å². The van der Waals surface area contributed by atoms with Gasteiger partial charge in [0.2, 0.25) is 0 Å². The van der Waals surface area contributed by atoms with E-state index in [1.807, 2.05) is 25.1 Å². The van der Waals surface area contributed by atoms with Gasteiger partial charge in [-0.25, -0.2) is 0 Å². The molecule has 70 valence electrons. The van der Waals surface area contributed by atoms with Gasteiger partial charge in [0.15, 0.2) is 5.78 Å². The molecule has 1 aromatic rings. The van der Waals surface area contributed by atoms with E-state index in [0.29, 0.717) is 12.0 Å². The molecule has 0 aliphatic heterocycles. The van der Waals surface area contributed by atoms with E-state index in [9.17, 15) is 9.90 Å². The van der Waals surface area contributed by atoms with Crippen LogP contribution in [0.1, 0.15) is 31.4 Å². The number of rotatable bonds is 4. The van der Waals surface area contributed by atoms with Gasteiger partial charge in [0.25, 0.3) is 0 Å². The van der Waals surface area contributed by atoms with Crippen LogP contribution in [0.4, 0.5) is 0 Å². The fourth-order valence-corrected chi connectivity index (χ4v) is 1.20. The van der Waals surface area contributed by atoms with E-state index in [2.05, 4.69) is 0 Å². The summed E-state index contributed by atoms with van der Waals surface area (Å²) in [6, 6.07) is 9.02. The molecule has 0 aromatic heterocycles. The Morgan fingerprint density at radius 3 is 2.54 bits per heavy atom. The summed E-state index contributed by atoms with van der Waals surface area (Å²) in [6.45, 7) is 1.93. The van der Waals surface area contributed by atoms with Gasteiger partial charge in [0.1, 0.15) is 6.10 Å². The van der Waals surface area contributed by atoms with Crippen LogP contribution in [0.3, 0.4) is 0 Å². The van der Waals surface area contributed by atoms with Crippen LogP contribution in [0.2, 0.25) is 0 Å². The van der Waals surface area contributed by atoms with Crippen LogP contribution in [0, 0.1) is 0 Å². The van der Waals surface area contributed by atoms with Crippen molar-refractivity contribution in [1.82, 2.24) is 0 Å². The summed E-state index contributed by atoms with van der Waals surface area (Å²) in [5, 5.41) is 9.57. The summed E-state index contributed by atoms with van der Waals surface area (Å²) in [5.74, 6) is -0.103. The molecule has 0 heterocycles. The lowest BCUT2D eigenvalue weighted by atomic mass is 10.0. The third-order valence-electron chi connectivity index (χ3n) is 1.92. The lowest BCUT2D eigenvalue weighted by Crippen LogP contribution is -2.10. The molecule has 13 heavy (non-hydrogen) atoms. The molecule has 0 aliphatic carbocycles. The molecule has 1 N–H and O–H groups in total. The van der Waals surface area contributed by atoms with Gasteiger partial charge in [-0.05, 0) is 12.0 Å². The van der Waals surface area contributed by atoms with E-state index in [-0.39, 0.29) is 5.78 Å². The van der Waals surface area contributed by atoms with Crippen molar-refractivity contribution in [2.45, 2.75) is 25.9 Å². The van der Waals surface area contributed by atoms with Crippen molar-refractivity contribution in [1.29, 1.82) is 0 Å². The molecular formula is C11H14O2. The Bertz CT molecular complexity index is 267. The molecular weight excluding hydrogens is 164 g/mol. The molecule has 2 nitrogen and oxygen atoms in total. The minimum Gasteiger partial charge on any atom is -0.381 e. The highest BCUT2D eigenvalue weighted by atomic mass is 16.3. The van der Waals surface area contributed by atoms with Gasteiger partial charge < -0.3 is 5.11 Å². The van der Waals surface area contributed by atoms with Crippen LogP contribution in [0.25, 0.3) is 0 Å². The van der Waals surface area contributed by atoms with Crippen LogP contribution < -0.4 is 0 Å². The number of aliphatic hydroxyl groups is 1. The summed E-state index contributed by atoms with van der Waals surface area (Å²) < 4.78 is 0. The molecule has 0 bridgehead atoms. The second-order valence-corrected chi connectivity index (χ2v) is 3.03. The summed E-state index contributed by atoms with van der Waals surface area (Å²) >= 11 is 0. The highest BCUT2D eigenvalue weighted by Gasteiger charge is 2.14. The second-order valence-electron chi connectivity index (χ2n) is 3.03. The monoisotopic (exact) mass is 178 g/mol. The first-order valence-electron chi connectivity index (χ1n) is 4.51. The van der Waals surface area contributed by atoms with E-state index in [4.69, 9.17) is 0 Å². The summed E-state index contributed by atoms with van der Waals surface area (Å²) in [4.78, 5) is 11.3. The maximum atomic E-state index is 11.3. The van der Waals surface area contributed by atoms with Crippen molar-refractivity contribution in [3.63, 3.8) is 0 Å². The average molecular weight is 178 g/mol. The molecule has 0 spiro atoms. The first-order valence-corrected chi connectivity index (χ1v) is 4.51. The number of hydrogen-bond donors (Lipinski definition) is 1. The third-order valence-corrected chi connectivity index (χ3v) is 1.92. The van der Waals surface area contributed by atoms with E-state index in [1.54, 1.807) is 12.1 Å². The Labute approximate surface area is 78.2 Å². The van der Waals surface area contributed by atoms with Crippen molar-refractivity contribution < 1.29 is 9.90 Å². The third kappa shape index (κ3) is 2.67. The Hall–Kier alpha value is -1.15. The minimum absolute atomic E-state index is 0.103. The highest BCUT2D eigenvalue weighted by Crippen LogP contribution is 2.15. The molecule has 0 radical (unpaired) electrons. The zero-order valence-corrected chi connectivity index (χ0v) is 7.73. The highest BCUT2D eigenvalue weighted by molar-refractivity contribution is 5.83. The first-order chi connectivity index (χ1) is 6.25. The van der Waals surface area contributed by atoms with Gasteiger partial charge in [-0.15, -0.1) is 0 Å². The first kappa shape index (κ1) is 9.93.